The van der Waals surface area contributed by atoms with E-state index in [2.05, 4.69) is 26.6 Å². The molecule has 0 atom stereocenters. The molecule has 0 aliphatic heterocycles. The van der Waals surface area contributed by atoms with Gasteiger partial charge in [0.15, 0.2) is 0 Å². The number of furan rings is 1. The van der Waals surface area contributed by atoms with Crippen molar-refractivity contribution in [1.82, 2.24) is 5.32 Å². The molecule has 110 valence electrons. The topological polar surface area (TPSA) is 91.6 Å². The molecule has 3 N–H and O–H groups in total. The predicted octanol–water partition coefficient (Wildman–Crippen LogP) is 3.10. The van der Waals surface area contributed by atoms with E-state index in [1.54, 1.807) is 12.3 Å². The zero-order valence-electron chi connectivity index (χ0n) is 10.9. The van der Waals surface area contributed by atoms with E-state index in [1.807, 2.05) is 6.07 Å². The van der Waals surface area contributed by atoms with Gasteiger partial charge in [0.05, 0.1) is 17.5 Å². The number of carbonyl (C=O) groups is 2. The van der Waals surface area contributed by atoms with Crippen molar-refractivity contribution in [2.24, 2.45) is 0 Å². The second-order valence-electron chi connectivity index (χ2n) is 4.21. The van der Waals surface area contributed by atoms with Crippen LogP contribution in [0.15, 0.2) is 45.5 Å². The normalized spacial score (nSPS) is 10.1. The van der Waals surface area contributed by atoms with E-state index in [-0.39, 0.29) is 11.6 Å². The largest absolute Gasteiger partial charge is 0.478 e. The zero-order chi connectivity index (χ0) is 15.2. The minimum absolute atomic E-state index is 0.144. The minimum atomic E-state index is -1.02. The molecule has 0 spiro atoms. The highest BCUT2D eigenvalue weighted by atomic mass is 79.9. The first-order chi connectivity index (χ1) is 10.1. The lowest BCUT2D eigenvalue weighted by atomic mass is 10.2. The van der Waals surface area contributed by atoms with Crippen LogP contribution in [0.25, 0.3) is 0 Å². The molecule has 0 radical (unpaired) electrons. The minimum Gasteiger partial charge on any atom is -0.478 e. The number of anilines is 1. The number of carboxylic acids is 1. The average molecular weight is 353 g/mol. The molecule has 0 aliphatic rings. The lowest BCUT2D eigenvalue weighted by molar-refractivity contribution is 0.0697. The molecular formula is C14H13BrN2O4. The Balaban J connectivity index is 1.86. The van der Waals surface area contributed by atoms with Gasteiger partial charge >= 0.3 is 12.0 Å². The Morgan fingerprint density at radius 1 is 1.29 bits per heavy atom. The summed E-state index contributed by atoms with van der Waals surface area (Å²) < 4.78 is 5.66. The van der Waals surface area contributed by atoms with Gasteiger partial charge in [0, 0.05) is 17.4 Å². The lowest BCUT2D eigenvalue weighted by Crippen LogP contribution is -2.30. The van der Waals surface area contributed by atoms with Gasteiger partial charge < -0.3 is 20.2 Å². The molecule has 2 aromatic rings. The summed E-state index contributed by atoms with van der Waals surface area (Å²) in [6.07, 6.45) is 2.18. The fourth-order valence-corrected chi connectivity index (χ4v) is 2.15. The number of hydrogen-bond acceptors (Lipinski definition) is 3. The van der Waals surface area contributed by atoms with Gasteiger partial charge in [-0.2, -0.15) is 0 Å². The monoisotopic (exact) mass is 352 g/mol. The number of aromatic carboxylic acids is 1. The van der Waals surface area contributed by atoms with Crippen molar-refractivity contribution in [3.63, 3.8) is 0 Å². The van der Waals surface area contributed by atoms with Crippen LogP contribution in [-0.4, -0.2) is 23.7 Å². The van der Waals surface area contributed by atoms with Crippen molar-refractivity contribution >= 4 is 33.6 Å². The van der Waals surface area contributed by atoms with E-state index >= 15 is 0 Å². The first-order valence-corrected chi connectivity index (χ1v) is 6.95. The van der Waals surface area contributed by atoms with Crippen LogP contribution >= 0.6 is 15.9 Å². The summed E-state index contributed by atoms with van der Waals surface area (Å²) in [7, 11) is 0. The second-order valence-corrected chi connectivity index (χ2v) is 5.06. The molecule has 0 fully saturated rings. The van der Waals surface area contributed by atoms with Crippen LogP contribution in [0.2, 0.25) is 0 Å². The summed E-state index contributed by atoms with van der Waals surface area (Å²) in [4.78, 5) is 22.5. The van der Waals surface area contributed by atoms with Crippen molar-refractivity contribution in [2.75, 3.05) is 11.9 Å². The highest BCUT2D eigenvalue weighted by molar-refractivity contribution is 9.10. The van der Waals surface area contributed by atoms with Gasteiger partial charge in [0.25, 0.3) is 0 Å². The molecule has 0 aliphatic carbocycles. The highest BCUT2D eigenvalue weighted by Gasteiger charge is 2.09. The summed E-state index contributed by atoms with van der Waals surface area (Å²) in [5.41, 5.74) is 0.640. The zero-order valence-corrected chi connectivity index (χ0v) is 12.5. The smallest absolute Gasteiger partial charge is 0.335 e. The summed E-state index contributed by atoms with van der Waals surface area (Å²) in [5.74, 6) is -0.229. The number of halogens is 1. The van der Waals surface area contributed by atoms with Crippen LogP contribution in [0.4, 0.5) is 10.5 Å². The third kappa shape index (κ3) is 4.35. The second kappa shape index (κ2) is 6.94. The van der Waals surface area contributed by atoms with Crippen molar-refractivity contribution < 1.29 is 19.1 Å². The van der Waals surface area contributed by atoms with Crippen LogP contribution in [0, 0.1) is 0 Å². The van der Waals surface area contributed by atoms with Gasteiger partial charge in [-0.25, -0.2) is 9.59 Å². The molecule has 0 bridgehead atoms. The van der Waals surface area contributed by atoms with Gasteiger partial charge in [-0.3, -0.25) is 0 Å². The standard InChI is InChI=1S/C14H13BrN2O4/c15-11-8-9(13(18)19)3-4-12(11)17-14(20)16-6-5-10-2-1-7-21-10/h1-4,7-8H,5-6H2,(H,18,19)(H2,16,17,20). The maximum absolute atomic E-state index is 11.7. The third-order valence-electron chi connectivity index (χ3n) is 2.70. The van der Waals surface area contributed by atoms with Crippen molar-refractivity contribution in [3.05, 3.63) is 52.4 Å². The first kappa shape index (κ1) is 15.1. The molecule has 7 heteroatoms. The fraction of sp³-hybridized carbons (Fsp3) is 0.143. The average Bonchev–Trinajstić information content (AvgIpc) is 2.94. The quantitative estimate of drug-likeness (QED) is 0.770. The Morgan fingerprint density at radius 3 is 2.71 bits per heavy atom. The van der Waals surface area contributed by atoms with Crippen LogP contribution < -0.4 is 10.6 Å². The number of hydrogen-bond donors (Lipinski definition) is 3. The van der Waals surface area contributed by atoms with Crippen molar-refractivity contribution in [2.45, 2.75) is 6.42 Å². The Hall–Kier alpha value is -2.28. The maximum Gasteiger partial charge on any atom is 0.335 e. The van der Waals surface area contributed by atoms with E-state index in [9.17, 15) is 9.59 Å². The van der Waals surface area contributed by atoms with Gasteiger partial charge in [0.1, 0.15) is 5.76 Å². The van der Waals surface area contributed by atoms with Crippen LogP contribution in [0.3, 0.4) is 0 Å². The third-order valence-corrected chi connectivity index (χ3v) is 3.36. The van der Waals surface area contributed by atoms with Crippen LogP contribution in [-0.2, 0) is 6.42 Å². The maximum atomic E-state index is 11.7. The summed E-state index contributed by atoms with van der Waals surface area (Å²) in [5, 5.41) is 14.2. The lowest BCUT2D eigenvalue weighted by Gasteiger charge is -2.09. The number of urea groups is 1. The van der Waals surface area contributed by atoms with Crippen molar-refractivity contribution in [3.8, 4) is 0 Å². The number of carbonyl (C=O) groups excluding carboxylic acids is 1. The van der Waals surface area contributed by atoms with Crippen LogP contribution in [0.1, 0.15) is 16.1 Å². The molecule has 0 saturated carbocycles. The molecule has 1 aromatic carbocycles. The fourth-order valence-electron chi connectivity index (χ4n) is 1.67. The highest BCUT2D eigenvalue weighted by Crippen LogP contribution is 2.23. The molecule has 0 saturated heterocycles. The van der Waals surface area contributed by atoms with Gasteiger partial charge in [-0.1, -0.05) is 0 Å². The molecular weight excluding hydrogens is 340 g/mol. The van der Waals surface area contributed by atoms with E-state index in [4.69, 9.17) is 9.52 Å². The van der Waals surface area contributed by atoms with Crippen LogP contribution in [0.5, 0.6) is 0 Å². The van der Waals surface area contributed by atoms with Crippen molar-refractivity contribution in [1.29, 1.82) is 0 Å². The first-order valence-electron chi connectivity index (χ1n) is 6.16. The number of rotatable bonds is 5. The summed E-state index contributed by atoms with van der Waals surface area (Å²) in [6, 6.07) is 7.63. The molecule has 6 nitrogen and oxygen atoms in total. The van der Waals surface area contributed by atoms with E-state index in [1.165, 1.54) is 18.2 Å². The number of benzene rings is 1. The molecule has 2 rings (SSSR count). The molecule has 1 heterocycles. The molecule has 0 unspecified atom stereocenters. The molecule has 1 aromatic heterocycles. The van der Waals surface area contributed by atoms with E-state index in [0.717, 1.165) is 5.76 Å². The molecule has 2 amide bonds. The number of nitrogens with one attached hydrogen (secondary N) is 2. The van der Waals surface area contributed by atoms with E-state index in [0.29, 0.717) is 23.1 Å². The summed E-state index contributed by atoms with van der Waals surface area (Å²) in [6.45, 7) is 0.435. The number of amides is 2. The predicted molar refractivity (Wildman–Crippen MR) is 80.5 cm³/mol. The number of carboxylic acid groups (broad SMARTS) is 1. The Labute approximate surface area is 129 Å². The van der Waals surface area contributed by atoms with E-state index < -0.39 is 5.97 Å². The van der Waals surface area contributed by atoms with Gasteiger partial charge in [-0.15, -0.1) is 0 Å². The Morgan fingerprint density at radius 2 is 2.10 bits per heavy atom. The Kier molecular flexibility index (Phi) is 4.99. The van der Waals surface area contributed by atoms with Gasteiger partial charge in [0.2, 0.25) is 0 Å². The Bertz CT molecular complexity index is 640. The SMILES string of the molecule is O=C(NCCc1ccco1)Nc1ccc(C(=O)O)cc1Br. The molecule has 21 heavy (non-hydrogen) atoms. The summed E-state index contributed by atoms with van der Waals surface area (Å²) >= 11 is 3.22. The van der Waals surface area contributed by atoms with Gasteiger partial charge in [-0.05, 0) is 46.3 Å².